The summed E-state index contributed by atoms with van der Waals surface area (Å²) in [5.41, 5.74) is 4.33. The van der Waals surface area contributed by atoms with Crippen LogP contribution < -0.4 is 14.9 Å². The van der Waals surface area contributed by atoms with Crippen molar-refractivity contribution >= 4 is 51.6 Å². The number of nitrogens with zero attached hydrogens (tertiary/aromatic N) is 1. The summed E-state index contributed by atoms with van der Waals surface area (Å²) >= 11 is 7.22. The molecule has 1 heterocycles. The Labute approximate surface area is 180 Å². The SMILES string of the molecule is COc1cc(/C=N\NC(=O)COc2ccc(C3SCCS3)cc2)c(Br)cc1O. The molecule has 0 bridgehead atoms. The van der Waals surface area contributed by atoms with Crippen molar-refractivity contribution in [3.8, 4) is 17.2 Å². The Hall–Kier alpha value is -1.84. The minimum atomic E-state index is -0.371. The molecule has 1 fully saturated rings. The predicted molar refractivity (Wildman–Crippen MR) is 118 cm³/mol. The van der Waals surface area contributed by atoms with Crippen LogP contribution in [0.4, 0.5) is 0 Å². The van der Waals surface area contributed by atoms with Crippen LogP contribution in [0.2, 0.25) is 0 Å². The highest BCUT2D eigenvalue weighted by Crippen LogP contribution is 2.45. The number of methoxy groups -OCH3 is 1. The highest BCUT2D eigenvalue weighted by atomic mass is 79.9. The van der Waals surface area contributed by atoms with Gasteiger partial charge in [0.2, 0.25) is 0 Å². The van der Waals surface area contributed by atoms with Crippen molar-refractivity contribution in [3.63, 3.8) is 0 Å². The fourth-order valence-electron chi connectivity index (χ4n) is 2.45. The molecule has 1 saturated heterocycles. The average molecular weight is 483 g/mol. The number of phenolic OH excluding ortho intramolecular Hbond substituents is 1. The number of benzene rings is 2. The van der Waals surface area contributed by atoms with E-state index in [-0.39, 0.29) is 18.3 Å². The molecule has 2 aromatic rings. The number of nitrogens with one attached hydrogen (secondary N) is 1. The Balaban J connectivity index is 1.48. The number of phenols is 1. The molecule has 28 heavy (non-hydrogen) atoms. The van der Waals surface area contributed by atoms with Crippen LogP contribution in [0.5, 0.6) is 17.2 Å². The minimum Gasteiger partial charge on any atom is -0.504 e. The van der Waals surface area contributed by atoms with E-state index in [1.165, 1.54) is 36.5 Å². The number of hydrogen-bond donors (Lipinski definition) is 2. The molecule has 1 aliphatic rings. The quantitative estimate of drug-likeness (QED) is 0.455. The van der Waals surface area contributed by atoms with Gasteiger partial charge in [0.05, 0.1) is 17.9 Å². The topological polar surface area (TPSA) is 80.2 Å². The molecule has 1 amide bonds. The van der Waals surface area contributed by atoms with Gasteiger partial charge < -0.3 is 14.6 Å². The van der Waals surface area contributed by atoms with Crippen molar-refractivity contribution in [2.45, 2.75) is 4.58 Å². The first-order chi connectivity index (χ1) is 13.6. The van der Waals surface area contributed by atoms with E-state index in [0.717, 1.165) is 0 Å². The average Bonchev–Trinajstić information content (AvgIpc) is 3.23. The second-order valence-corrected chi connectivity index (χ2v) is 9.35. The summed E-state index contributed by atoms with van der Waals surface area (Å²) in [6.07, 6.45) is 1.45. The number of amides is 1. The predicted octanol–water partition coefficient (Wildman–Crippen LogP) is 4.17. The molecule has 0 atom stereocenters. The van der Waals surface area contributed by atoms with Crippen molar-refractivity contribution in [1.82, 2.24) is 5.43 Å². The van der Waals surface area contributed by atoms with E-state index >= 15 is 0 Å². The van der Waals surface area contributed by atoms with Crippen LogP contribution in [0.3, 0.4) is 0 Å². The lowest BCUT2D eigenvalue weighted by Gasteiger charge is -2.10. The first-order valence-corrected chi connectivity index (χ1v) is 11.3. The fraction of sp³-hybridized carbons (Fsp3) is 0.263. The number of carbonyl (C=O) groups excluding carboxylic acids is 1. The molecule has 0 radical (unpaired) electrons. The number of carbonyl (C=O) groups is 1. The third-order valence-electron chi connectivity index (χ3n) is 3.84. The number of halogens is 1. The number of rotatable bonds is 7. The lowest BCUT2D eigenvalue weighted by atomic mass is 10.2. The number of hydrogen-bond acceptors (Lipinski definition) is 7. The molecule has 3 rings (SSSR count). The van der Waals surface area contributed by atoms with E-state index in [2.05, 4.69) is 26.5 Å². The van der Waals surface area contributed by atoms with Crippen LogP contribution in [0, 0.1) is 0 Å². The number of hydrazone groups is 1. The van der Waals surface area contributed by atoms with E-state index in [1.54, 1.807) is 6.07 Å². The largest absolute Gasteiger partial charge is 0.504 e. The van der Waals surface area contributed by atoms with Gasteiger partial charge in [-0.2, -0.15) is 5.10 Å². The fourth-order valence-corrected chi connectivity index (χ4v) is 5.74. The van der Waals surface area contributed by atoms with E-state index in [9.17, 15) is 9.90 Å². The van der Waals surface area contributed by atoms with Crippen LogP contribution in [-0.2, 0) is 4.79 Å². The van der Waals surface area contributed by atoms with Crippen molar-refractivity contribution in [1.29, 1.82) is 0 Å². The normalized spacial score (nSPS) is 14.4. The maximum absolute atomic E-state index is 11.9. The van der Waals surface area contributed by atoms with Crippen molar-refractivity contribution in [2.75, 3.05) is 25.2 Å². The van der Waals surface area contributed by atoms with Crippen molar-refractivity contribution < 1.29 is 19.4 Å². The van der Waals surface area contributed by atoms with Gasteiger partial charge in [-0.3, -0.25) is 4.79 Å². The molecule has 148 valence electrons. The summed E-state index contributed by atoms with van der Waals surface area (Å²) in [6.45, 7) is -0.135. The van der Waals surface area contributed by atoms with Crippen LogP contribution in [0.1, 0.15) is 15.7 Å². The van der Waals surface area contributed by atoms with Crippen molar-refractivity contribution in [3.05, 3.63) is 52.0 Å². The molecular formula is C19H19BrN2O4S2. The molecular weight excluding hydrogens is 464 g/mol. The smallest absolute Gasteiger partial charge is 0.277 e. The Morgan fingerprint density at radius 2 is 2.04 bits per heavy atom. The Morgan fingerprint density at radius 3 is 2.71 bits per heavy atom. The maximum atomic E-state index is 11.9. The van der Waals surface area contributed by atoms with Gasteiger partial charge in [0, 0.05) is 21.5 Å². The third kappa shape index (κ3) is 5.59. The van der Waals surface area contributed by atoms with Gasteiger partial charge in [0.15, 0.2) is 18.1 Å². The number of aromatic hydroxyl groups is 1. The minimum absolute atomic E-state index is 0.0140. The third-order valence-corrected chi connectivity index (χ3v) is 7.63. The molecule has 0 saturated carbocycles. The summed E-state index contributed by atoms with van der Waals surface area (Å²) in [5.74, 6) is 2.96. The first-order valence-electron chi connectivity index (χ1n) is 8.41. The zero-order valence-electron chi connectivity index (χ0n) is 15.1. The molecule has 0 spiro atoms. The number of thioether (sulfide) groups is 2. The number of ether oxygens (including phenoxy) is 2. The van der Waals surface area contributed by atoms with E-state index in [4.69, 9.17) is 9.47 Å². The zero-order chi connectivity index (χ0) is 19.9. The highest BCUT2D eigenvalue weighted by molar-refractivity contribution is 9.10. The van der Waals surface area contributed by atoms with E-state index in [0.29, 0.717) is 26.1 Å². The molecule has 2 N–H and O–H groups in total. The van der Waals surface area contributed by atoms with Crippen LogP contribution >= 0.6 is 39.5 Å². The van der Waals surface area contributed by atoms with Crippen molar-refractivity contribution in [2.24, 2.45) is 5.10 Å². The molecule has 6 nitrogen and oxygen atoms in total. The molecule has 0 aromatic heterocycles. The van der Waals surface area contributed by atoms with E-state index < -0.39 is 0 Å². The summed E-state index contributed by atoms with van der Waals surface area (Å²) in [7, 11) is 1.46. The van der Waals surface area contributed by atoms with Gasteiger partial charge in [-0.05, 0) is 45.8 Å². The van der Waals surface area contributed by atoms with Gasteiger partial charge in [-0.25, -0.2) is 5.43 Å². The molecule has 1 aliphatic heterocycles. The molecule has 0 unspecified atom stereocenters. The summed E-state index contributed by atoms with van der Waals surface area (Å²) in [6, 6.07) is 10.9. The molecule has 9 heteroatoms. The summed E-state index contributed by atoms with van der Waals surface area (Å²) in [4.78, 5) is 11.9. The van der Waals surface area contributed by atoms with Crippen LogP contribution in [-0.4, -0.2) is 42.5 Å². The van der Waals surface area contributed by atoms with Gasteiger partial charge in [-0.15, -0.1) is 23.5 Å². The standard InChI is InChI=1S/C19H19BrN2O4S2/c1-25-17-8-13(15(20)9-16(17)23)10-21-22-18(24)11-26-14-4-2-12(3-5-14)19-27-6-7-28-19/h2-5,8-10,19,23H,6-7,11H2,1H3,(H,22,24)/b21-10-. The second-order valence-electron chi connectivity index (χ2n) is 5.77. The van der Waals surface area contributed by atoms with Crippen LogP contribution in [0.25, 0.3) is 0 Å². The van der Waals surface area contributed by atoms with E-state index in [1.807, 2.05) is 47.8 Å². The molecule has 0 aliphatic carbocycles. The highest BCUT2D eigenvalue weighted by Gasteiger charge is 2.18. The Morgan fingerprint density at radius 1 is 1.32 bits per heavy atom. The second kappa shape index (κ2) is 10.1. The monoisotopic (exact) mass is 482 g/mol. The van der Waals surface area contributed by atoms with Gasteiger partial charge >= 0.3 is 0 Å². The van der Waals surface area contributed by atoms with Crippen LogP contribution in [0.15, 0.2) is 46.0 Å². The Kier molecular flexibility index (Phi) is 7.52. The Bertz CT molecular complexity index is 856. The first kappa shape index (κ1) is 20.9. The van der Waals surface area contributed by atoms with Gasteiger partial charge in [-0.1, -0.05) is 12.1 Å². The summed E-state index contributed by atoms with van der Waals surface area (Å²) in [5, 5.41) is 13.6. The lowest BCUT2D eigenvalue weighted by Crippen LogP contribution is -2.24. The maximum Gasteiger partial charge on any atom is 0.277 e. The lowest BCUT2D eigenvalue weighted by molar-refractivity contribution is -0.123. The van der Waals surface area contributed by atoms with Gasteiger partial charge in [0.25, 0.3) is 5.91 Å². The molecule has 2 aromatic carbocycles. The zero-order valence-corrected chi connectivity index (χ0v) is 18.3. The van der Waals surface area contributed by atoms with Gasteiger partial charge in [0.1, 0.15) is 5.75 Å². The summed E-state index contributed by atoms with van der Waals surface area (Å²) < 4.78 is 11.7.